The lowest BCUT2D eigenvalue weighted by molar-refractivity contribution is -0.332. The summed E-state index contributed by atoms with van der Waals surface area (Å²) < 4.78 is 33.3. The first-order chi connectivity index (χ1) is 28.0. The molecule has 2 fully saturated rings. The van der Waals surface area contributed by atoms with Crippen LogP contribution in [0.1, 0.15) is 155 Å². The van der Waals surface area contributed by atoms with Crippen molar-refractivity contribution in [3.8, 4) is 0 Å². The second kappa shape index (κ2) is 32.0. The Kier molecular flexibility index (Phi) is 28.9. The number of hydrogen-bond acceptors (Lipinski definition) is 15. The molecule has 11 atom stereocenters. The topological polar surface area (TPSA) is 231 Å². The molecule has 0 aromatic heterocycles. The molecule has 4 unspecified atom stereocenters. The van der Waals surface area contributed by atoms with Gasteiger partial charge in [0.05, 0.1) is 19.8 Å². The van der Waals surface area contributed by atoms with Crippen LogP contribution in [0.2, 0.25) is 0 Å². The van der Waals surface area contributed by atoms with Crippen molar-refractivity contribution < 1.29 is 73.8 Å². The van der Waals surface area contributed by atoms with Crippen LogP contribution >= 0.6 is 0 Å². The Morgan fingerprint density at radius 1 is 0.534 bits per heavy atom. The molecule has 0 radical (unpaired) electrons. The van der Waals surface area contributed by atoms with Crippen LogP contribution in [0.15, 0.2) is 12.2 Å². The minimum Gasteiger partial charge on any atom is -0.462 e. The van der Waals surface area contributed by atoms with E-state index in [2.05, 4.69) is 26.0 Å². The van der Waals surface area contributed by atoms with Crippen LogP contribution in [0, 0.1) is 0 Å². The van der Waals surface area contributed by atoms with Gasteiger partial charge in [0.25, 0.3) is 0 Å². The predicted octanol–water partition coefficient (Wildman–Crippen LogP) is 4.26. The number of esters is 2. The van der Waals surface area contributed by atoms with Gasteiger partial charge >= 0.3 is 11.9 Å². The molecule has 0 amide bonds. The molecule has 58 heavy (non-hydrogen) atoms. The van der Waals surface area contributed by atoms with E-state index in [0.29, 0.717) is 12.8 Å². The highest BCUT2D eigenvalue weighted by atomic mass is 16.7. The van der Waals surface area contributed by atoms with E-state index in [0.717, 1.165) is 51.4 Å². The minimum absolute atomic E-state index is 0.148. The van der Waals surface area contributed by atoms with Crippen molar-refractivity contribution in [1.29, 1.82) is 0 Å². The number of hydrogen-bond donors (Lipinski definition) is 7. The summed E-state index contributed by atoms with van der Waals surface area (Å²) in [5.41, 5.74) is 0. The highest BCUT2D eigenvalue weighted by Crippen LogP contribution is 2.26. The zero-order valence-electron chi connectivity index (χ0n) is 35.3. The second-order valence-electron chi connectivity index (χ2n) is 15.9. The number of aliphatic hydroxyl groups excluding tert-OH is 7. The number of carbonyl (C=O) groups excluding carboxylic acids is 2. The summed E-state index contributed by atoms with van der Waals surface area (Å²) in [4.78, 5) is 25.4. The number of aliphatic hydroxyl groups is 7. The summed E-state index contributed by atoms with van der Waals surface area (Å²) in [6, 6.07) is 0. The van der Waals surface area contributed by atoms with Gasteiger partial charge in [0.15, 0.2) is 18.7 Å². The molecule has 7 N–H and O–H groups in total. The van der Waals surface area contributed by atoms with Gasteiger partial charge in [-0.05, 0) is 38.5 Å². The van der Waals surface area contributed by atoms with Gasteiger partial charge in [0.1, 0.15) is 55.4 Å². The first kappa shape index (κ1) is 52.4. The fourth-order valence-corrected chi connectivity index (χ4v) is 6.97. The van der Waals surface area contributed by atoms with Gasteiger partial charge in [0.2, 0.25) is 0 Å². The normalized spacial score (nSPS) is 28.2. The standard InChI is InChI=1S/C43H78O15/c1-3-5-7-9-11-12-13-14-15-16-17-18-20-22-24-26-35(46)56-31(28-53-34(45)25-23-21-19-10-8-6-4-2)29-54-42-41(52)39(50)37(48)33(58-42)30-55-43-40(51)38(49)36(47)32(27-44)57-43/h16-17,31-33,36-44,47-52H,3-15,18-30H2,1-2H3/b17-16+/t31-,32-,33-,36+,37+,38?,39?,40?,41?,42-,43-/m1/s1. The quantitative estimate of drug-likeness (QED) is 0.0278. The average Bonchev–Trinajstić information content (AvgIpc) is 3.21. The molecule has 2 heterocycles. The molecule has 2 rings (SSSR count). The van der Waals surface area contributed by atoms with E-state index >= 15 is 0 Å². The lowest BCUT2D eigenvalue weighted by Gasteiger charge is -2.42. The number of rotatable bonds is 33. The van der Waals surface area contributed by atoms with E-state index in [1.165, 1.54) is 64.2 Å². The Morgan fingerprint density at radius 3 is 1.53 bits per heavy atom. The molecule has 15 nitrogen and oxygen atoms in total. The predicted molar refractivity (Wildman–Crippen MR) is 215 cm³/mol. The van der Waals surface area contributed by atoms with E-state index in [-0.39, 0.29) is 26.1 Å². The summed E-state index contributed by atoms with van der Waals surface area (Å²) in [7, 11) is 0. The zero-order chi connectivity index (χ0) is 42.5. The van der Waals surface area contributed by atoms with Gasteiger partial charge in [0, 0.05) is 12.8 Å². The van der Waals surface area contributed by atoms with Crippen LogP contribution in [-0.4, -0.2) is 142 Å². The van der Waals surface area contributed by atoms with Crippen LogP contribution < -0.4 is 0 Å². The van der Waals surface area contributed by atoms with Crippen molar-refractivity contribution in [2.45, 2.75) is 223 Å². The summed E-state index contributed by atoms with van der Waals surface area (Å²) in [5.74, 6) is -0.948. The molecule has 2 aliphatic rings. The third kappa shape index (κ3) is 21.2. The maximum absolute atomic E-state index is 12.9. The average molecular weight is 835 g/mol. The zero-order valence-corrected chi connectivity index (χ0v) is 35.3. The summed E-state index contributed by atoms with van der Waals surface area (Å²) >= 11 is 0. The molecule has 0 aliphatic carbocycles. The molecule has 0 aromatic carbocycles. The number of ether oxygens (including phenoxy) is 6. The number of allylic oxidation sites excluding steroid dienone is 2. The molecular formula is C43H78O15. The van der Waals surface area contributed by atoms with Crippen molar-refractivity contribution in [2.75, 3.05) is 26.4 Å². The first-order valence-electron chi connectivity index (χ1n) is 22.3. The molecule has 0 saturated carbocycles. The molecule has 340 valence electrons. The Bertz CT molecular complexity index is 1080. The maximum Gasteiger partial charge on any atom is 0.306 e. The van der Waals surface area contributed by atoms with E-state index in [1.54, 1.807) is 0 Å². The summed E-state index contributed by atoms with van der Waals surface area (Å²) in [5, 5.41) is 71.7. The maximum atomic E-state index is 12.9. The Hall–Kier alpha value is -1.76. The fourth-order valence-electron chi connectivity index (χ4n) is 6.97. The lowest BCUT2D eigenvalue weighted by atomic mass is 9.98. The second-order valence-corrected chi connectivity index (χ2v) is 15.9. The van der Waals surface area contributed by atoms with Gasteiger partial charge in [-0.1, -0.05) is 116 Å². The molecule has 0 bridgehead atoms. The van der Waals surface area contributed by atoms with Crippen molar-refractivity contribution >= 4 is 11.9 Å². The van der Waals surface area contributed by atoms with Gasteiger partial charge in [-0.3, -0.25) is 9.59 Å². The highest BCUT2D eigenvalue weighted by Gasteiger charge is 2.47. The highest BCUT2D eigenvalue weighted by molar-refractivity contribution is 5.70. The summed E-state index contributed by atoms with van der Waals surface area (Å²) in [6.45, 7) is 2.50. The molecular weight excluding hydrogens is 756 g/mol. The molecule has 2 aliphatic heterocycles. The number of carbonyl (C=O) groups is 2. The van der Waals surface area contributed by atoms with Gasteiger partial charge in [-0.2, -0.15) is 0 Å². The van der Waals surface area contributed by atoms with Crippen molar-refractivity contribution in [3.63, 3.8) is 0 Å². The molecule has 2 saturated heterocycles. The molecule has 0 aromatic rings. The smallest absolute Gasteiger partial charge is 0.306 e. The SMILES string of the molecule is CCCCCCCCCC/C=C/CCCCCC(=O)O[C@H](COC(=O)CCCCCCCCC)CO[C@@H]1O[C@H](CO[C@@H]2O[C@H](CO)[C@H](O)C(O)C2O)[C@H](O)C(O)C1O. The largest absolute Gasteiger partial charge is 0.462 e. The van der Waals surface area contributed by atoms with E-state index in [9.17, 15) is 45.3 Å². The molecule has 0 spiro atoms. The Balaban J connectivity index is 1.85. The van der Waals surface area contributed by atoms with E-state index in [4.69, 9.17) is 28.4 Å². The third-order valence-electron chi connectivity index (χ3n) is 10.7. The van der Waals surface area contributed by atoms with Crippen molar-refractivity contribution in [3.05, 3.63) is 12.2 Å². The van der Waals surface area contributed by atoms with Crippen LogP contribution in [-0.2, 0) is 38.0 Å². The monoisotopic (exact) mass is 835 g/mol. The van der Waals surface area contributed by atoms with Crippen LogP contribution in [0.3, 0.4) is 0 Å². The van der Waals surface area contributed by atoms with E-state index in [1.807, 2.05) is 0 Å². The molecule has 15 heteroatoms. The van der Waals surface area contributed by atoms with Crippen LogP contribution in [0.5, 0.6) is 0 Å². The third-order valence-corrected chi connectivity index (χ3v) is 10.7. The summed E-state index contributed by atoms with van der Waals surface area (Å²) in [6.07, 6.45) is 10.0. The van der Waals surface area contributed by atoms with Gasteiger partial charge in [-0.25, -0.2) is 0 Å². The van der Waals surface area contributed by atoms with Crippen LogP contribution in [0.4, 0.5) is 0 Å². The first-order valence-corrected chi connectivity index (χ1v) is 22.3. The minimum atomic E-state index is -1.76. The fraction of sp³-hybridized carbons (Fsp3) is 0.907. The number of unbranched alkanes of at least 4 members (excludes halogenated alkanes) is 17. The van der Waals surface area contributed by atoms with Crippen molar-refractivity contribution in [1.82, 2.24) is 0 Å². The van der Waals surface area contributed by atoms with E-state index < -0.39 is 92.7 Å². The lowest BCUT2D eigenvalue weighted by Crippen LogP contribution is -2.61. The Morgan fingerprint density at radius 2 is 0.983 bits per heavy atom. The Labute approximate surface area is 346 Å². The van der Waals surface area contributed by atoms with Crippen molar-refractivity contribution in [2.24, 2.45) is 0 Å². The van der Waals surface area contributed by atoms with Gasteiger partial charge < -0.3 is 64.2 Å². The van der Waals surface area contributed by atoms with Crippen LogP contribution in [0.25, 0.3) is 0 Å². The van der Waals surface area contributed by atoms with Gasteiger partial charge in [-0.15, -0.1) is 0 Å².